The van der Waals surface area contributed by atoms with E-state index in [4.69, 9.17) is 4.74 Å². The molecule has 0 fully saturated rings. The van der Waals surface area contributed by atoms with Crippen molar-refractivity contribution in [3.8, 4) is 0 Å². The number of hydrogen-bond acceptors (Lipinski definition) is 2. The summed E-state index contributed by atoms with van der Waals surface area (Å²) in [5.74, 6) is -0.000425. The minimum Gasteiger partial charge on any atom is -0.466 e. The van der Waals surface area contributed by atoms with Crippen molar-refractivity contribution in [3.63, 3.8) is 0 Å². The van der Waals surface area contributed by atoms with Gasteiger partial charge in [0.05, 0.1) is 6.61 Å². The maximum absolute atomic E-state index is 11.6. The fraction of sp³-hybridized carbons (Fsp3) is 0.850. The van der Waals surface area contributed by atoms with Gasteiger partial charge in [-0.25, -0.2) is 0 Å². The van der Waals surface area contributed by atoms with Crippen LogP contribution in [0.4, 0.5) is 0 Å². The van der Waals surface area contributed by atoms with Crippen molar-refractivity contribution in [2.45, 2.75) is 103 Å². The van der Waals surface area contributed by atoms with Gasteiger partial charge in [0, 0.05) is 6.42 Å². The van der Waals surface area contributed by atoms with Crippen molar-refractivity contribution in [2.24, 2.45) is 0 Å². The molecule has 0 rings (SSSR count). The predicted molar refractivity (Wildman–Crippen MR) is 96.1 cm³/mol. The van der Waals surface area contributed by atoms with Gasteiger partial charge < -0.3 is 4.74 Å². The summed E-state index contributed by atoms with van der Waals surface area (Å²) in [6.07, 6.45) is 19.8. The van der Waals surface area contributed by atoms with Crippen LogP contribution in [0.1, 0.15) is 103 Å². The lowest BCUT2D eigenvalue weighted by Crippen LogP contribution is -2.05. The molecule has 2 heteroatoms. The van der Waals surface area contributed by atoms with Crippen LogP contribution in [0.5, 0.6) is 0 Å². The first-order valence-corrected chi connectivity index (χ1v) is 9.57. The largest absolute Gasteiger partial charge is 0.466 e. The molecule has 0 aliphatic rings. The van der Waals surface area contributed by atoms with E-state index in [9.17, 15) is 4.79 Å². The average Bonchev–Trinajstić information content (AvgIpc) is 2.52. The summed E-state index contributed by atoms with van der Waals surface area (Å²) in [4.78, 5) is 11.6. The van der Waals surface area contributed by atoms with Gasteiger partial charge in [0.15, 0.2) is 0 Å². The number of ether oxygens (including phenoxy) is 1. The zero-order valence-corrected chi connectivity index (χ0v) is 14.9. The van der Waals surface area contributed by atoms with E-state index in [-0.39, 0.29) is 5.97 Å². The first-order valence-electron chi connectivity index (χ1n) is 9.57. The minimum atomic E-state index is -0.000425. The maximum Gasteiger partial charge on any atom is 0.305 e. The van der Waals surface area contributed by atoms with Crippen LogP contribution in [0.2, 0.25) is 0 Å². The Balaban J connectivity index is 3.14. The third-order valence-electron chi connectivity index (χ3n) is 4.05. The predicted octanol–water partition coefficient (Wildman–Crippen LogP) is 6.59. The first-order chi connectivity index (χ1) is 10.8. The Labute approximate surface area is 138 Å². The van der Waals surface area contributed by atoms with Gasteiger partial charge in [-0.2, -0.15) is 0 Å². The Morgan fingerprint density at radius 2 is 1.36 bits per heavy atom. The number of carbonyl (C=O) groups excluding carboxylic acids is 1. The standard InChI is InChI=1S/C20H38O2/c1-3-5-7-9-11-13-15-17-19-22-20(21)18-16-14-12-10-8-6-4-2/h3H,1,4-19H2,2H3. The third-order valence-corrected chi connectivity index (χ3v) is 4.05. The minimum absolute atomic E-state index is 0.000425. The van der Waals surface area contributed by atoms with Crippen LogP contribution in [-0.4, -0.2) is 12.6 Å². The highest BCUT2D eigenvalue weighted by Gasteiger charge is 2.02. The summed E-state index contributed by atoms with van der Waals surface area (Å²) < 4.78 is 5.28. The fourth-order valence-corrected chi connectivity index (χ4v) is 2.58. The van der Waals surface area contributed by atoms with E-state index in [2.05, 4.69) is 13.5 Å². The molecule has 0 radical (unpaired) electrons. The van der Waals surface area contributed by atoms with Gasteiger partial charge in [-0.1, -0.05) is 77.2 Å². The van der Waals surface area contributed by atoms with Crippen molar-refractivity contribution in [3.05, 3.63) is 12.7 Å². The molecule has 0 saturated carbocycles. The molecule has 0 amide bonds. The van der Waals surface area contributed by atoms with E-state index in [1.165, 1.54) is 70.6 Å². The molecule has 0 N–H and O–H groups in total. The van der Waals surface area contributed by atoms with Crippen LogP contribution < -0.4 is 0 Å². The maximum atomic E-state index is 11.6. The van der Waals surface area contributed by atoms with Crippen LogP contribution in [0, 0.1) is 0 Å². The SMILES string of the molecule is C=CCCCCCCCCOC(=O)CCCCCCCCC. The average molecular weight is 311 g/mol. The van der Waals surface area contributed by atoms with Gasteiger partial charge in [-0.3, -0.25) is 4.79 Å². The lowest BCUT2D eigenvalue weighted by molar-refractivity contribution is -0.143. The van der Waals surface area contributed by atoms with E-state index < -0.39 is 0 Å². The molecule has 0 aromatic rings. The number of esters is 1. The highest BCUT2D eigenvalue weighted by Crippen LogP contribution is 2.10. The third kappa shape index (κ3) is 17.3. The van der Waals surface area contributed by atoms with Crippen molar-refractivity contribution >= 4 is 5.97 Å². The molecule has 0 heterocycles. The Bertz CT molecular complexity index is 248. The Morgan fingerprint density at radius 1 is 0.818 bits per heavy atom. The van der Waals surface area contributed by atoms with E-state index in [0.717, 1.165) is 19.3 Å². The molecular formula is C20H38O2. The zero-order chi connectivity index (χ0) is 16.3. The number of rotatable bonds is 17. The molecule has 0 saturated heterocycles. The topological polar surface area (TPSA) is 26.3 Å². The smallest absolute Gasteiger partial charge is 0.305 e. The Morgan fingerprint density at radius 3 is 2.00 bits per heavy atom. The molecule has 130 valence electrons. The van der Waals surface area contributed by atoms with Crippen LogP contribution >= 0.6 is 0 Å². The van der Waals surface area contributed by atoms with Crippen molar-refractivity contribution < 1.29 is 9.53 Å². The van der Waals surface area contributed by atoms with E-state index >= 15 is 0 Å². The highest BCUT2D eigenvalue weighted by atomic mass is 16.5. The quantitative estimate of drug-likeness (QED) is 0.172. The highest BCUT2D eigenvalue weighted by molar-refractivity contribution is 5.69. The van der Waals surface area contributed by atoms with E-state index in [1.54, 1.807) is 0 Å². The zero-order valence-electron chi connectivity index (χ0n) is 14.9. The number of hydrogen-bond donors (Lipinski definition) is 0. The molecular weight excluding hydrogens is 272 g/mol. The molecule has 0 spiro atoms. The lowest BCUT2D eigenvalue weighted by atomic mass is 10.1. The Kier molecular flexibility index (Phi) is 17.6. The molecule has 22 heavy (non-hydrogen) atoms. The second kappa shape index (κ2) is 18.3. The molecule has 0 aromatic heterocycles. The van der Waals surface area contributed by atoms with Crippen LogP contribution in [0.3, 0.4) is 0 Å². The second-order valence-electron chi connectivity index (χ2n) is 6.29. The van der Waals surface area contributed by atoms with Gasteiger partial charge in [0.25, 0.3) is 0 Å². The molecule has 0 bridgehead atoms. The Hall–Kier alpha value is -0.790. The first kappa shape index (κ1) is 21.2. The molecule has 0 aliphatic carbocycles. The molecule has 2 nitrogen and oxygen atoms in total. The van der Waals surface area contributed by atoms with Crippen LogP contribution in [0.25, 0.3) is 0 Å². The van der Waals surface area contributed by atoms with Crippen molar-refractivity contribution in [1.29, 1.82) is 0 Å². The van der Waals surface area contributed by atoms with Gasteiger partial charge in [-0.05, 0) is 25.7 Å². The summed E-state index contributed by atoms with van der Waals surface area (Å²) in [7, 11) is 0. The van der Waals surface area contributed by atoms with Crippen molar-refractivity contribution in [1.82, 2.24) is 0 Å². The van der Waals surface area contributed by atoms with Gasteiger partial charge in [0.1, 0.15) is 0 Å². The molecule has 0 atom stereocenters. The van der Waals surface area contributed by atoms with E-state index in [1.807, 2.05) is 6.08 Å². The molecule has 0 aliphatic heterocycles. The van der Waals surface area contributed by atoms with Crippen LogP contribution in [0.15, 0.2) is 12.7 Å². The van der Waals surface area contributed by atoms with Gasteiger partial charge in [0.2, 0.25) is 0 Å². The van der Waals surface area contributed by atoms with E-state index in [0.29, 0.717) is 13.0 Å². The van der Waals surface area contributed by atoms with Gasteiger partial charge >= 0.3 is 5.97 Å². The summed E-state index contributed by atoms with van der Waals surface area (Å²) >= 11 is 0. The monoisotopic (exact) mass is 310 g/mol. The second-order valence-corrected chi connectivity index (χ2v) is 6.29. The number of allylic oxidation sites excluding steroid dienone is 1. The number of carbonyl (C=O) groups is 1. The van der Waals surface area contributed by atoms with Crippen molar-refractivity contribution in [2.75, 3.05) is 6.61 Å². The number of unbranched alkanes of at least 4 members (excludes halogenated alkanes) is 12. The normalized spacial score (nSPS) is 10.6. The summed E-state index contributed by atoms with van der Waals surface area (Å²) in [6, 6.07) is 0. The fourth-order valence-electron chi connectivity index (χ4n) is 2.58. The summed E-state index contributed by atoms with van der Waals surface area (Å²) in [6.45, 7) is 6.58. The summed E-state index contributed by atoms with van der Waals surface area (Å²) in [5.41, 5.74) is 0. The molecule has 0 unspecified atom stereocenters. The van der Waals surface area contributed by atoms with Crippen LogP contribution in [-0.2, 0) is 9.53 Å². The lowest BCUT2D eigenvalue weighted by Gasteiger charge is -2.05. The van der Waals surface area contributed by atoms with Gasteiger partial charge in [-0.15, -0.1) is 6.58 Å². The summed E-state index contributed by atoms with van der Waals surface area (Å²) in [5, 5.41) is 0. The molecule has 0 aromatic carbocycles.